The number of rotatable bonds is 1. The van der Waals surface area contributed by atoms with E-state index in [9.17, 15) is 5.11 Å². The van der Waals surface area contributed by atoms with Crippen molar-refractivity contribution in [1.29, 1.82) is 0 Å². The van der Waals surface area contributed by atoms with Gasteiger partial charge < -0.3 is 14.6 Å². The average Bonchev–Trinajstić information content (AvgIpc) is 2.20. The normalized spacial score (nSPS) is 14.1. The fourth-order valence-corrected chi connectivity index (χ4v) is 1.99. The smallest absolute Gasteiger partial charge is 0.168 e. The Balaban J connectivity index is 2.60. The zero-order valence-electron chi connectivity index (χ0n) is 7.84. The van der Waals surface area contributed by atoms with Crippen LogP contribution in [0, 0.1) is 0 Å². The number of fused-ring (bicyclic) bond motifs is 1. The molecule has 0 spiro atoms. The Hall–Kier alpha value is -0.900. The molecule has 1 N–H and O–H groups in total. The lowest BCUT2D eigenvalue weighted by atomic mass is 10.1. The van der Waals surface area contributed by atoms with Crippen molar-refractivity contribution in [2.45, 2.75) is 13.3 Å². The minimum absolute atomic E-state index is 0.247. The molecule has 0 radical (unpaired) electrons. The van der Waals surface area contributed by atoms with E-state index in [4.69, 9.17) is 9.47 Å². The molecule has 14 heavy (non-hydrogen) atoms. The first kappa shape index (κ1) is 9.65. The van der Waals surface area contributed by atoms with E-state index in [-0.39, 0.29) is 5.75 Å². The van der Waals surface area contributed by atoms with E-state index < -0.39 is 0 Å². The van der Waals surface area contributed by atoms with Gasteiger partial charge in [-0.2, -0.15) is 0 Å². The van der Waals surface area contributed by atoms with E-state index in [0.29, 0.717) is 29.2 Å². The summed E-state index contributed by atoms with van der Waals surface area (Å²) in [6.07, 6.45) is 0.719. The van der Waals surface area contributed by atoms with E-state index >= 15 is 0 Å². The summed E-state index contributed by atoms with van der Waals surface area (Å²) < 4.78 is 11.6. The lowest BCUT2D eigenvalue weighted by Gasteiger charge is -2.22. The third-order valence-corrected chi connectivity index (χ3v) is 2.81. The topological polar surface area (TPSA) is 38.7 Å². The highest BCUT2D eigenvalue weighted by atomic mass is 79.9. The first-order valence-corrected chi connectivity index (χ1v) is 5.33. The molecule has 0 fully saturated rings. The van der Waals surface area contributed by atoms with Crippen LogP contribution in [0.4, 0.5) is 0 Å². The molecule has 3 nitrogen and oxygen atoms in total. The SMILES string of the molecule is CCc1c(O)c(Br)cc2c1OCCO2. The molecule has 0 saturated heterocycles. The Morgan fingerprint density at radius 3 is 2.86 bits per heavy atom. The highest BCUT2D eigenvalue weighted by Crippen LogP contribution is 2.43. The van der Waals surface area contributed by atoms with Gasteiger partial charge in [-0.25, -0.2) is 0 Å². The zero-order valence-corrected chi connectivity index (χ0v) is 9.43. The summed E-state index contributed by atoms with van der Waals surface area (Å²) in [5.74, 6) is 1.63. The fraction of sp³-hybridized carbons (Fsp3) is 0.400. The van der Waals surface area contributed by atoms with Crippen LogP contribution in [0.15, 0.2) is 10.5 Å². The molecule has 4 heteroatoms. The summed E-state index contributed by atoms with van der Waals surface area (Å²) >= 11 is 3.28. The van der Waals surface area contributed by atoms with Crippen molar-refractivity contribution >= 4 is 15.9 Å². The highest BCUT2D eigenvalue weighted by Gasteiger charge is 2.20. The second-order valence-corrected chi connectivity index (χ2v) is 3.92. The molecule has 1 heterocycles. The number of benzene rings is 1. The van der Waals surface area contributed by atoms with Gasteiger partial charge in [-0.1, -0.05) is 6.92 Å². The van der Waals surface area contributed by atoms with Crippen LogP contribution in [0.3, 0.4) is 0 Å². The van der Waals surface area contributed by atoms with Crippen molar-refractivity contribution < 1.29 is 14.6 Å². The summed E-state index contributed by atoms with van der Waals surface area (Å²) in [6, 6.07) is 1.74. The number of phenolic OH excluding ortho intramolecular Hbond substituents is 1. The molecule has 2 rings (SSSR count). The summed E-state index contributed by atoms with van der Waals surface area (Å²) in [7, 11) is 0. The summed E-state index contributed by atoms with van der Waals surface area (Å²) in [5, 5.41) is 9.77. The van der Waals surface area contributed by atoms with Gasteiger partial charge in [-0.3, -0.25) is 0 Å². The first-order valence-electron chi connectivity index (χ1n) is 4.54. The molecule has 0 atom stereocenters. The Bertz CT molecular complexity index is 363. The van der Waals surface area contributed by atoms with E-state index in [1.807, 2.05) is 6.92 Å². The van der Waals surface area contributed by atoms with Gasteiger partial charge in [0.05, 0.1) is 4.47 Å². The maximum atomic E-state index is 9.77. The number of aromatic hydroxyl groups is 1. The predicted octanol–water partition coefficient (Wildman–Crippen LogP) is 2.49. The molecule has 0 bridgehead atoms. The predicted molar refractivity (Wildman–Crippen MR) is 56.2 cm³/mol. The average molecular weight is 259 g/mol. The van der Waals surface area contributed by atoms with Gasteiger partial charge in [0.15, 0.2) is 11.5 Å². The zero-order chi connectivity index (χ0) is 10.1. The Morgan fingerprint density at radius 1 is 1.43 bits per heavy atom. The maximum Gasteiger partial charge on any atom is 0.168 e. The summed E-state index contributed by atoms with van der Waals surface area (Å²) in [6.45, 7) is 3.08. The molecule has 0 amide bonds. The van der Waals surface area contributed by atoms with Crippen molar-refractivity contribution in [2.24, 2.45) is 0 Å². The molecule has 0 saturated carbocycles. The third-order valence-electron chi connectivity index (χ3n) is 2.21. The number of halogens is 1. The van der Waals surface area contributed by atoms with Gasteiger partial charge in [0.1, 0.15) is 19.0 Å². The van der Waals surface area contributed by atoms with Gasteiger partial charge in [0, 0.05) is 11.6 Å². The van der Waals surface area contributed by atoms with Gasteiger partial charge in [-0.05, 0) is 22.4 Å². The first-order chi connectivity index (χ1) is 6.74. The van der Waals surface area contributed by atoms with Gasteiger partial charge >= 0.3 is 0 Å². The minimum atomic E-state index is 0.247. The molecule has 1 aromatic carbocycles. The van der Waals surface area contributed by atoms with Crippen molar-refractivity contribution in [3.05, 3.63) is 16.1 Å². The monoisotopic (exact) mass is 258 g/mol. The molecule has 0 aromatic heterocycles. The Kier molecular flexibility index (Phi) is 2.54. The van der Waals surface area contributed by atoms with Crippen molar-refractivity contribution in [2.75, 3.05) is 13.2 Å². The molecular weight excluding hydrogens is 248 g/mol. The lowest BCUT2D eigenvalue weighted by Crippen LogP contribution is -2.16. The van der Waals surface area contributed by atoms with E-state index in [2.05, 4.69) is 15.9 Å². The number of hydrogen-bond donors (Lipinski definition) is 1. The fourth-order valence-electron chi connectivity index (χ4n) is 1.54. The van der Waals surface area contributed by atoms with Gasteiger partial charge in [-0.15, -0.1) is 0 Å². The second-order valence-electron chi connectivity index (χ2n) is 3.06. The molecule has 1 aliphatic heterocycles. The molecule has 76 valence electrons. The minimum Gasteiger partial charge on any atom is -0.506 e. The molecule has 1 aliphatic rings. The number of hydrogen-bond acceptors (Lipinski definition) is 3. The maximum absolute atomic E-state index is 9.77. The van der Waals surface area contributed by atoms with Crippen molar-refractivity contribution in [1.82, 2.24) is 0 Å². The summed E-state index contributed by atoms with van der Waals surface area (Å²) in [5.41, 5.74) is 0.800. The van der Waals surface area contributed by atoms with E-state index in [1.165, 1.54) is 0 Å². The second kappa shape index (κ2) is 3.69. The Morgan fingerprint density at radius 2 is 2.14 bits per heavy atom. The van der Waals surface area contributed by atoms with Crippen LogP contribution >= 0.6 is 15.9 Å². The Labute approximate surface area is 90.8 Å². The van der Waals surface area contributed by atoms with Crippen molar-refractivity contribution in [3.8, 4) is 17.2 Å². The third kappa shape index (κ3) is 1.43. The van der Waals surface area contributed by atoms with E-state index in [1.54, 1.807) is 6.07 Å². The molecular formula is C10H11BrO3. The summed E-state index contributed by atoms with van der Waals surface area (Å²) in [4.78, 5) is 0. The molecule has 0 aliphatic carbocycles. The van der Waals surface area contributed by atoms with Crippen LogP contribution < -0.4 is 9.47 Å². The molecule has 1 aromatic rings. The highest BCUT2D eigenvalue weighted by molar-refractivity contribution is 9.10. The van der Waals surface area contributed by atoms with Gasteiger partial charge in [0.2, 0.25) is 0 Å². The largest absolute Gasteiger partial charge is 0.506 e. The molecule has 0 unspecified atom stereocenters. The van der Waals surface area contributed by atoms with Gasteiger partial charge in [0.25, 0.3) is 0 Å². The van der Waals surface area contributed by atoms with Crippen LogP contribution in [0.5, 0.6) is 17.2 Å². The van der Waals surface area contributed by atoms with E-state index in [0.717, 1.165) is 12.0 Å². The van der Waals surface area contributed by atoms with Crippen LogP contribution in [0.1, 0.15) is 12.5 Å². The van der Waals surface area contributed by atoms with Crippen LogP contribution in [-0.4, -0.2) is 18.3 Å². The number of ether oxygens (including phenoxy) is 2. The van der Waals surface area contributed by atoms with Crippen LogP contribution in [0.2, 0.25) is 0 Å². The van der Waals surface area contributed by atoms with Crippen LogP contribution in [-0.2, 0) is 6.42 Å². The lowest BCUT2D eigenvalue weighted by molar-refractivity contribution is 0.169. The van der Waals surface area contributed by atoms with Crippen LogP contribution in [0.25, 0.3) is 0 Å². The van der Waals surface area contributed by atoms with Crippen molar-refractivity contribution in [3.63, 3.8) is 0 Å². The standard InChI is InChI=1S/C10H11BrO3/c1-2-6-9(12)7(11)5-8-10(6)14-4-3-13-8/h5,12H,2-4H2,1H3. The number of phenols is 1. The quantitative estimate of drug-likeness (QED) is 0.842.